The molecule has 2 aromatic rings. The molecule has 110 valence electrons. The van der Waals surface area contributed by atoms with Gasteiger partial charge in [0, 0.05) is 36.6 Å². The second-order valence-corrected chi connectivity index (χ2v) is 6.39. The third kappa shape index (κ3) is 3.28. The van der Waals surface area contributed by atoms with Gasteiger partial charge in [-0.1, -0.05) is 0 Å². The van der Waals surface area contributed by atoms with Crippen molar-refractivity contribution in [2.45, 2.75) is 53.2 Å². The van der Waals surface area contributed by atoms with Gasteiger partial charge in [-0.15, -0.1) is 0 Å². The molecule has 0 saturated heterocycles. The van der Waals surface area contributed by atoms with Gasteiger partial charge in [-0.25, -0.2) is 4.98 Å². The lowest BCUT2D eigenvalue weighted by atomic mass is 10.1. The van der Waals surface area contributed by atoms with Crippen LogP contribution in [0.25, 0.3) is 0 Å². The molecule has 2 rings (SSSR count). The van der Waals surface area contributed by atoms with Crippen LogP contribution in [0.1, 0.15) is 43.4 Å². The number of imidazole rings is 1. The van der Waals surface area contributed by atoms with Crippen LogP contribution in [0.15, 0.2) is 12.5 Å². The molecule has 20 heavy (non-hydrogen) atoms. The van der Waals surface area contributed by atoms with E-state index in [1.54, 1.807) is 0 Å². The van der Waals surface area contributed by atoms with Crippen LogP contribution in [0, 0.1) is 13.8 Å². The summed E-state index contributed by atoms with van der Waals surface area (Å²) in [5, 5.41) is 7.98. The quantitative estimate of drug-likeness (QED) is 0.930. The van der Waals surface area contributed by atoms with E-state index in [2.05, 4.69) is 54.6 Å². The molecule has 2 aromatic heterocycles. The van der Waals surface area contributed by atoms with Crippen molar-refractivity contribution in [1.82, 2.24) is 24.6 Å². The van der Waals surface area contributed by atoms with E-state index < -0.39 is 0 Å². The van der Waals surface area contributed by atoms with Gasteiger partial charge in [0.1, 0.15) is 0 Å². The van der Waals surface area contributed by atoms with Crippen LogP contribution in [-0.4, -0.2) is 24.9 Å². The number of nitrogens with zero attached hydrogens (tertiary/aromatic N) is 4. The van der Waals surface area contributed by atoms with Crippen LogP contribution in [0.3, 0.4) is 0 Å². The van der Waals surface area contributed by atoms with E-state index >= 15 is 0 Å². The Bertz CT molecular complexity index is 586. The Morgan fingerprint density at radius 2 is 1.95 bits per heavy atom. The molecule has 0 aliphatic carbocycles. The molecule has 5 heteroatoms. The number of rotatable bonds is 4. The Morgan fingerprint density at radius 1 is 1.25 bits per heavy atom. The van der Waals surface area contributed by atoms with E-state index in [4.69, 9.17) is 0 Å². The largest absolute Gasteiger partial charge is 0.329 e. The summed E-state index contributed by atoms with van der Waals surface area (Å²) in [5.74, 6) is 0. The van der Waals surface area contributed by atoms with Gasteiger partial charge in [-0.2, -0.15) is 5.10 Å². The van der Waals surface area contributed by atoms with Crippen molar-refractivity contribution in [3.05, 3.63) is 35.2 Å². The zero-order valence-electron chi connectivity index (χ0n) is 13.4. The predicted molar refractivity (Wildman–Crippen MR) is 80.6 cm³/mol. The molecular weight excluding hydrogens is 250 g/mol. The van der Waals surface area contributed by atoms with Gasteiger partial charge < -0.3 is 9.88 Å². The first-order valence-electron chi connectivity index (χ1n) is 7.01. The summed E-state index contributed by atoms with van der Waals surface area (Å²) in [6.45, 7) is 12.3. The van der Waals surface area contributed by atoms with Gasteiger partial charge in [0.05, 0.1) is 24.3 Å². The van der Waals surface area contributed by atoms with Crippen molar-refractivity contribution < 1.29 is 0 Å². The lowest BCUT2D eigenvalue weighted by Crippen LogP contribution is -2.35. The van der Waals surface area contributed by atoms with Crippen LogP contribution < -0.4 is 5.32 Å². The van der Waals surface area contributed by atoms with E-state index in [0.29, 0.717) is 0 Å². The van der Waals surface area contributed by atoms with Gasteiger partial charge in [-0.3, -0.25) is 4.68 Å². The monoisotopic (exact) mass is 275 g/mol. The van der Waals surface area contributed by atoms with Crippen molar-refractivity contribution >= 4 is 0 Å². The Morgan fingerprint density at radius 3 is 2.50 bits per heavy atom. The SMILES string of the molecule is Cc1nn(C)c(C)c1Cn1cncc1CNC(C)(C)C. The zero-order valence-corrected chi connectivity index (χ0v) is 13.4. The summed E-state index contributed by atoms with van der Waals surface area (Å²) in [4.78, 5) is 4.28. The maximum absolute atomic E-state index is 4.47. The minimum atomic E-state index is 0.106. The summed E-state index contributed by atoms with van der Waals surface area (Å²) < 4.78 is 4.13. The van der Waals surface area contributed by atoms with Crippen molar-refractivity contribution in [3.8, 4) is 0 Å². The van der Waals surface area contributed by atoms with Crippen LogP contribution in [-0.2, 0) is 20.1 Å². The second kappa shape index (κ2) is 5.40. The molecule has 0 atom stereocenters. The maximum atomic E-state index is 4.47. The molecule has 0 aromatic carbocycles. The predicted octanol–water partition coefficient (Wildman–Crippen LogP) is 2.17. The first-order chi connectivity index (χ1) is 9.28. The first kappa shape index (κ1) is 14.8. The van der Waals surface area contributed by atoms with Crippen LogP contribution in [0.2, 0.25) is 0 Å². The van der Waals surface area contributed by atoms with Crippen molar-refractivity contribution in [3.63, 3.8) is 0 Å². The van der Waals surface area contributed by atoms with Gasteiger partial charge in [0.15, 0.2) is 0 Å². The Balaban J connectivity index is 2.16. The lowest BCUT2D eigenvalue weighted by molar-refractivity contribution is 0.417. The minimum Gasteiger partial charge on any atom is -0.329 e. The third-order valence-electron chi connectivity index (χ3n) is 3.59. The first-order valence-corrected chi connectivity index (χ1v) is 7.01. The van der Waals surface area contributed by atoms with Crippen molar-refractivity contribution in [1.29, 1.82) is 0 Å². The standard InChI is InChI=1S/C15H25N5/c1-11-14(12(2)19(6)18-11)9-20-10-16-7-13(20)8-17-15(3,4)5/h7,10,17H,8-9H2,1-6H3. The normalized spacial score (nSPS) is 12.1. The summed E-state index contributed by atoms with van der Waals surface area (Å²) in [6.07, 6.45) is 3.82. The Kier molecular flexibility index (Phi) is 3.99. The summed E-state index contributed by atoms with van der Waals surface area (Å²) in [5.41, 5.74) is 4.89. The average molecular weight is 275 g/mol. The number of aromatic nitrogens is 4. The Hall–Kier alpha value is -1.62. The van der Waals surface area contributed by atoms with Gasteiger partial charge in [0.2, 0.25) is 0 Å². The fourth-order valence-electron chi connectivity index (χ4n) is 2.21. The zero-order chi connectivity index (χ0) is 14.9. The summed E-state index contributed by atoms with van der Waals surface area (Å²) >= 11 is 0. The minimum absolute atomic E-state index is 0.106. The molecule has 0 fully saturated rings. The highest BCUT2D eigenvalue weighted by Crippen LogP contribution is 2.15. The number of aryl methyl sites for hydroxylation is 2. The molecule has 0 unspecified atom stereocenters. The topological polar surface area (TPSA) is 47.7 Å². The molecule has 0 spiro atoms. The van der Waals surface area contributed by atoms with Crippen molar-refractivity contribution in [2.75, 3.05) is 0 Å². The second-order valence-electron chi connectivity index (χ2n) is 6.39. The molecule has 0 saturated carbocycles. The highest BCUT2D eigenvalue weighted by molar-refractivity contribution is 5.25. The number of hydrogen-bond donors (Lipinski definition) is 1. The molecule has 0 bridgehead atoms. The highest BCUT2D eigenvalue weighted by atomic mass is 15.3. The van der Waals surface area contributed by atoms with Gasteiger partial charge in [-0.05, 0) is 34.6 Å². The van der Waals surface area contributed by atoms with Gasteiger partial charge in [0.25, 0.3) is 0 Å². The number of nitrogens with one attached hydrogen (secondary N) is 1. The molecule has 1 N–H and O–H groups in total. The van der Waals surface area contributed by atoms with E-state index in [-0.39, 0.29) is 5.54 Å². The average Bonchev–Trinajstić information content (AvgIpc) is 2.87. The molecule has 5 nitrogen and oxygen atoms in total. The van der Waals surface area contributed by atoms with Gasteiger partial charge >= 0.3 is 0 Å². The maximum Gasteiger partial charge on any atom is 0.0951 e. The molecule has 0 aliphatic heterocycles. The fourth-order valence-corrected chi connectivity index (χ4v) is 2.21. The highest BCUT2D eigenvalue weighted by Gasteiger charge is 2.13. The number of hydrogen-bond acceptors (Lipinski definition) is 3. The fraction of sp³-hybridized carbons (Fsp3) is 0.600. The summed E-state index contributed by atoms with van der Waals surface area (Å²) in [6, 6.07) is 0. The molecule has 0 radical (unpaired) electrons. The molecule has 2 heterocycles. The Labute approximate surface area is 121 Å². The molecule has 0 aliphatic rings. The lowest BCUT2D eigenvalue weighted by Gasteiger charge is -2.21. The van der Waals surface area contributed by atoms with Crippen LogP contribution in [0.4, 0.5) is 0 Å². The molecular formula is C15H25N5. The third-order valence-corrected chi connectivity index (χ3v) is 3.59. The van der Waals surface area contributed by atoms with Crippen molar-refractivity contribution in [2.24, 2.45) is 7.05 Å². The summed E-state index contributed by atoms with van der Waals surface area (Å²) in [7, 11) is 1.99. The van der Waals surface area contributed by atoms with E-state index in [1.165, 1.54) is 17.0 Å². The van der Waals surface area contributed by atoms with Crippen LogP contribution >= 0.6 is 0 Å². The van der Waals surface area contributed by atoms with E-state index in [0.717, 1.165) is 18.8 Å². The van der Waals surface area contributed by atoms with E-state index in [9.17, 15) is 0 Å². The smallest absolute Gasteiger partial charge is 0.0951 e. The van der Waals surface area contributed by atoms with Crippen LogP contribution in [0.5, 0.6) is 0 Å². The van der Waals surface area contributed by atoms with E-state index in [1.807, 2.05) is 24.3 Å². The molecule has 0 amide bonds.